The van der Waals surface area contributed by atoms with Gasteiger partial charge in [0.1, 0.15) is 5.82 Å². The summed E-state index contributed by atoms with van der Waals surface area (Å²) < 4.78 is 18.8. The average Bonchev–Trinajstić information content (AvgIpc) is 2.79. The number of piperazine rings is 1. The van der Waals surface area contributed by atoms with Crippen LogP contribution in [0.1, 0.15) is 0 Å². The Bertz CT molecular complexity index is 874. The number of rotatable bonds is 6. The minimum atomic E-state index is -0.287. The summed E-state index contributed by atoms with van der Waals surface area (Å²) >= 11 is 0. The van der Waals surface area contributed by atoms with Crippen molar-refractivity contribution in [3.8, 4) is 11.3 Å². The number of anilines is 1. The van der Waals surface area contributed by atoms with Crippen LogP contribution in [0.15, 0.2) is 30.5 Å². The highest BCUT2D eigenvalue weighted by Crippen LogP contribution is 2.19. The zero-order valence-electron chi connectivity index (χ0n) is 17.7. The summed E-state index contributed by atoms with van der Waals surface area (Å²) in [6, 6.07) is 6.16. The van der Waals surface area contributed by atoms with E-state index in [0.717, 1.165) is 31.7 Å². The zero-order valence-corrected chi connectivity index (χ0v) is 17.7. The van der Waals surface area contributed by atoms with Crippen molar-refractivity contribution < 1.29 is 13.9 Å². The van der Waals surface area contributed by atoms with E-state index in [1.54, 1.807) is 18.3 Å². The van der Waals surface area contributed by atoms with E-state index < -0.39 is 0 Å². The lowest BCUT2D eigenvalue weighted by atomic mass is 10.2. The molecule has 2 aliphatic heterocycles. The summed E-state index contributed by atoms with van der Waals surface area (Å²) in [6.45, 7) is 6.27. The number of aromatic nitrogens is 3. The summed E-state index contributed by atoms with van der Waals surface area (Å²) in [5, 5.41) is 11.2. The number of nitrogens with zero attached hydrogens (tertiary/aromatic N) is 6. The fourth-order valence-electron chi connectivity index (χ4n) is 3.77. The molecule has 1 amide bonds. The van der Waals surface area contributed by atoms with Crippen molar-refractivity contribution in [3.05, 3.63) is 36.3 Å². The predicted octanol–water partition coefficient (Wildman–Crippen LogP) is 0.247. The summed E-state index contributed by atoms with van der Waals surface area (Å²) in [4.78, 5) is 23.3. The molecular weight excluding hydrogens is 401 g/mol. The Balaban J connectivity index is 1.24. The van der Waals surface area contributed by atoms with Gasteiger partial charge in [-0.1, -0.05) is 0 Å². The van der Waals surface area contributed by atoms with Crippen molar-refractivity contribution in [2.45, 2.75) is 6.10 Å². The summed E-state index contributed by atoms with van der Waals surface area (Å²) in [7, 11) is 2.06. The van der Waals surface area contributed by atoms with Crippen LogP contribution in [0.4, 0.5) is 10.3 Å². The lowest BCUT2D eigenvalue weighted by molar-refractivity contribution is -0.123. The second-order valence-corrected chi connectivity index (χ2v) is 7.97. The number of amides is 1. The molecule has 0 bridgehead atoms. The van der Waals surface area contributed by atoms with Gasteiger partial charge in [-0.05, 0) is 31.3 Å². The van der Waals surface area contributed by atoms with Gasteiger partial charge in [0, 0.05) is 51.4 Å². The van der Waals surface area contributed by atoms with Gasteiger partial charge in [-0.25, -0.2) is 9.37 Å². The molecule has 0 saturated carbocycles. The number of carbonyl (C=O) groups is 1. The molecule has 9 nitrogen and oxygen atoms in total. The van der Waals surface area contributed by atoms with E-state index in [2.05, 4.69) is 42.2 Å². The quantitative estimate of drug-likeness (QED) is 0.699. The molecule has 1 atom stereocenters. The summed E-state index contributed by atoms with van der Waals surface area (Å²) in [6.07, 6.45) is 1.63. The van der Waals surface area contributed by atoms with E-state index in [4.69, 9.17) is 4.74 Å². The minimum Gasteiger partial charge on any atom is -0.374 e. The molecule has 31 heavy (non-hydrogen) atoms. The lowest BCUT2D eigenvalue weighted by Crippen LogP contribution is -2.51. The topological polar surface area (TPSA) is 86.7 Å². The third-order valence-electron chi connectivity index (χ3n) is 5.58. The predicted molar refractivity (Wildman–Crippen MR) is 114 cm³/mol. The number of ether oxygens (including phenoxy) is 1. The van der Waals surface area contributed by atoms with Crippen LogP contribution in [0.25, 0.3) is 11.3 Å². The van der Waals surface area contributed by atoms with E-state index in [-0.39, 0.29) is 17.8 Å². The van der Waals surface area contributed by atoms with Crippen LogP contribution in [0.2, 0.25) is 0 Å². The van der Waals surface area contributed by atoms with Crippen LogP contribution >= 0.6 is 0 Å². The maximum atomic E-state index is 13.2. The van der Waals surface area contributed by atoms with E-state index in [1.807, 2.05) is 0 Å². The van der Waals surface area contributed by atoms with Crippen molar-refractivity contribution in [1.29, 1.82) is 0 Å². The maximum absolute atomic E-state index is 13.2. The SMILES string of the molecule is CN1CCO[C@H](CNC(=O)CN2CCN(c3nncc(-c4ccc(F)cc4)n3)CC2)C1. The number of hydrogen-bond donors (Lipinski definition) is 1. The minimum absolute atomic E-state index is 0.0153. The normalized spacial score (nSPS) is 20.6. The number of morpholine rings is 1. The molecule has 1 aromatic carbocycles. The number of benzene rings is 1. The Morgan fingerprint density at radius 1 is 1.19 bits per heavy atom. The Labute approximate surface area is 181 Å². The van der Waals surface area contributed by atoms with Crippen LogP contribution in [0.5, 0.6) is 0 Å². The number of hydrogen-bond acceptors (Lipinski definition) is 8. The fraction of sp³-hybridized carbons (Fsp3) is 0.524. The molecule has 1 aromatic heterocycles. The van der Waals surface area contributed by atoms with Crippen molar-refractivity contribution in [2.75, 3.05) is 70.9 Å². The first-order chi connectivity index (χ1) is 15.1. The maximum Gasteiger partial charge on any atom is 0.245 e. The Morgan fingerprint density at radius 3 is 2.71 bits per heavy atom. The molecule has 0 radical (unpaired) electrons. The van der Waals surface area contributed by atoms with Gasteiger partial charge < -0.3 is 19.9 Å². The van der Waals surface area contributed by atoms with Crippen LogP contribution in [-0.2, 0) is 9.53 Å². The van der Waals surface area contributed by atoms with E-state index in [9.17, 15) is 9.18 Å². The van der Waals surface area contributed by atoms with Gasteiger partial charge in [-0.2, -0.15) is 5.10 Å². The Morgan fingerprint density at radius 2 is 1.97 bits per heavy atom. The van der Waals surface area contributed by atoms with E-state index in [0.29, 0.717) is 44.4 Å². The standard InChI is InChI=1S/C21H28FN7O2/c1-27-10-11-31-18(14-27)12-23-20(30)15-28-6-8-29(9-7-28)21-25-19(13-24-26-21)16-2-4-17(22)5-3-16/h2-5,13,18H,6-12,14-15H2,1H3,(H,23,30)/t18-/m1/s1. The van der Waals surface area contributed by atoms with Gasteiger partial charge in [0.15, 0.2) is 0 Å². The number of likely N-dealkylation sites (N-methyl/N-ethyl adjacent to an activating group) is 1. The first kappa shape index (κ1) is 21.5. The highest BCUT2D eigenvalue weighted by Gasteiger charge is 2.23. The largest absolute Gasteiger partial charge is 0.374 e. The highest BCUT2D eigenvalue weighted by molar-refractivity contribution is 5.78. The van der Waals surface area contributed by atoms with Crippen molar-refractivity contribution >= 4 is 11.9 Å². The molecule has 3 heterocycles. The first-order valence-electron chi connectivity index (χ1n) is 10.6. The molecule has 2 fully saturated rings. The third-order valence-corrected chi connectivity index (χ3v) is 5.58. The number of nitrogens with one attached hydrogen (secondary N) is 1. The second kappa shape index (κ2) is 10.1. The van der Waals surface area contributed by atoms with Gasteiger partial charge in [-0.15, -0.1) is 5.10 Å². The Kier molecular flexibility index (Phi) is 7.00. The fourth-order valence-corrected chi connectivity index (χ4v) is 3.77. The van der Waals surface area contributed by atoms with Gasteiger partial charge in [-0.3, -0.25) is 9.69 Å². The molecule has 0 aliphatic carbocycles. The molecule has 10 heteroatoms. The molecule has 0 spiro atoms. The van der Waals surface area contributed by atoms with Gasteiger partial charge in [0.25, 0.3) is 0 Å². The second-order valence-electron chi connectivity index (χ2n) is 7.97. The Hall–Kier alpha value is -2.69. The number of carbonyl (C=O) groups excluding carboxylic acids is 1. The van der Waals surface area contributed by atoms with Crippen molar-refractivity contribution in [3.63, 3.8) is 0 Å². The molecule has 2 aliphatic rings. The molecule has 0 unspecified atom stereocenters. The first-order valence-corrected chi connectivity index (χ1v) is 10.6. The van der Waals surface area contributed by atoms with Crippen LogP contribution in [-0.4, -0.2) is 103 Å². The summed E-state index contributed by atoms with van der Waals surface area (Å²) in [5.41, 5.74) is 1.45. The van der Waals surface area contributed by atoms with Crippen LogP contribution < -0.4 is 10.2 Å². The van der Waals surface area contributed by atoms with Gasteiger partial charge in [0.2, 0.25) is 11.9 Å². The molecule has 1 N–H and O–H groups in total. The van der Waals surface area contributed by atoms with Crippen molar-refractivity contribution in [1.82, 2.24) is 30.3 Å². The molecule has 166 valence electrons. The molecule has 2 aromatic rings. The van der Waals surface area contributed by atoms with Crippen molar-refractivity contribution in [2.24, 2.45) is 0 Å². The monoisotopic (exact) mass is 429 g/mol. The lowest BCUT2D eigenvalue weighted by Gasteiger charge is -2.34. The molecule has 4 rings (SSSR count). The highest BCUT2D eigenvalue weighted by atomic mass is 19.1. The van der Waals surface area contributed by atoms with Crippen LogP contribution in [0.3, 0.4) is 0 Å². The smallest absolute Gasteiger partial charge is 0.245 e. The van der Waals surface area contributed by atoms with Gasteiger partial charge in [0.05, 0.1) is 31.1 Å². The third kappa shape index (κ3) is 5.93. The number of halogens is 1. The van der Waals surface area contributed by atoms with Crippen LogP contribution in [0, 0.1) is 5.82 Å². The average molecular weight is 430 g/mol. The summed E-state index contributed by atoms with van der Waals surface area (Å²) in [5.74, 6) is 0.274. The molecular formula is C21H28FN7O2. The van der Waals surface area contributed by atoms with Gasteiger partial charge >= 0.3 is 0 Å². The van der Waals surface area contributed by atoms with E-state index >= 15 is 0 Å². The molecule has 2 saturated heterocycles. The van der Waals surface area contributed by atoms with E-state index in [1.165, 1.54) is 12.1 Å². The zero-order chi connectivity index (χ0) is 21.6.